The van der Waals surface area contributed by atoms with Crippen LogP contribution < -0.4 is 0 Å². The minimum Gasteiger partial charge on any atom is -0.474 e. The van der Waals surface area contributed by atoms with Crippen LogP contribution >= 0.6 is 12.2 Å². The molecule has 1 aliphatic rings. The van der Waals surface area contributed by atoms with Crippen LogP contribution in [0.15, 0.2) is 4.99 Å². The molecule has 0 saturated heterocycles. The van der Waals surface area contributed by atoms with Gasteiger partial charge in [0, 0.05) is 6.92 Å². The Balaban J connectivity index is 2.67. The molecule has 0 amide bonds. The highest BCUT2D eigenvalue weighted by molar-refractivity contribution is 7.80. The van der Waals surface area contributed by atoms with E-state index in [2.05, 4.69) is 17.2 Å². The van der Waals surface area contributed by atoms with E-state index < -0.39 is 0 Å². The molecule has 0 atom stereocenters. The number of hydrogen-bond donors (Lipinski definition) is 0. The van der Waals surface area contributed by atoms with Crippen molar-refractivity contribution in [3.63, 3.8) is 0 Å². The first kappa shape index (κ1) is 4.71. The second-order valence-corrected chi connectivity index (χ2v) is 1.78. The van der Waals surface area contributed by atoms with E-state index in [1.54, 1.807) is 6.92 Å². The SMILES string of the molecule is CC1=NC(=S)CO1. The van der Waals surface area contributed by atoms with Crippen molar-refractivity contribution >= 4 is 23.1 Å². The Morgan fingerprint density at radius 3 is 2.71 bits per heavy atom. The van der Waals surface area contributed by atoms with Gasteiger partial charge in [0.25, 0.3) is 0 Å². The molecule has 0 unspecified atom stereocenters. The number of aliphatic imine (C=N–C) groups is 1. The van der Waals surface area contributed by atoms with Gasteiger partial charge in [-0.25, -0.2) is 4.99 Å². The van der Waals surface area contributed by atoms with Gasteiger partial charge >= 0.3 is 0 Å². The van der Waals surface area contributed by atoms with Gasteiger partial charge in [-0.15, -0.1) is 0 Å². The summed E-state index contributed by atoms with van der Waals surface area (Å²) in [6.45, 7) is 2.29. The fraction of sp³-hybridized carbons (Fsp3) is 0.500. The van der Waals surface area contributed by atoms with Crippen LogP contribution in [-0.2, 0) is 4.74 Å². The summed E-state index contributed by atoms with van der Waals surface area (Å²) < 4.78 is 4.87. The van der Waals surface area contributed by atoms with Crippen molar-refractivity contribution in [2.75, 3.05) is 6.61 Å². The van der Waals surface area contributed by atoms with Gasteiger partial charge in [-0.1, -0.05) is 12.2 Å². The minimum absolute atomic E-state index is 0.501. The van der Waals surface area contributed by atoms with Gasteiger partial charge in [0.15, 0.2) is 5.90 Å². The Morgan fingerprint density at radius 2 is 2.57 bits per heavy atom. The molecule has 0 radical (unpaired) electrons. The van der Waals surface area contributed by atoms with Crippen LogP contribution in [0, 0.1) is 0 Å². The molecule has 0 fully saturated rings. The lowest BCUT2D eigenvalue weighted by atomic mass is 10.7. The van der Waals surface area contributed by atoms with Crippen molar-refractivity contribution in [3.8, 4) is 0 Å². The average molecular weight is 115 g/mol. The van der Waals surface area contributed by atoms with Crippen LogP contribution in [0.3, 0.4) is 0 Å². The van der Waals surface area contributed by atoms with Crippen LogP contribution in [0.2, 0.25) is 0 Å². The molecular formula is C4H5NOS. The average Bonchev–Trinajstić information content (AvgIpc) is 1.87. The minimum atomic E-state index is 0.501. The molecule has 3 heteroatoms. The normalized spacial score (nSPS) is 19.0. The Hall–Kier alpha value is -0.440. The lowest BCUT2D eigenvalue weighted by Crippen LogP contribution is -1.92. The van der Waals surface area contributed by atoms with E-state index in [1.807, 2.05) is 0 Å². The lowest BCUT2D eigenvalue weighted by molar-refractivity contribution is 0.378. The lowest BCUT2D eigenvalue weighted by Gasteiger charge is -1.85. The zero-order valence-electron chi connectivity index (χ0n) is 3.97. The van der Waals surface area contributed by atoms with Gasteiger partial charge in [-0.3, -0.25) is 0 Å². The van der Waals surface area contributed by atoms with Crippen molar-refractivity contribution in [3.05, 3.63) is 0 Å². The van der Waals surface area contributed by atoms with E-state index in [4.69, 9.17) is 4.74 Å². The van der Waals surface area contributed by atoms with Gasteiger partial charge in [-0.05, 0) is 0 Å². The Kier molecular flexibility index (Phi) is 1.06. The first-order chi connectivity index (χ1) is 3.29. The maximum absolute atomic E-state index is 4.87. The molecule has 2 nitrogen and oxygen atoms in total. The molecule has 0 N–H and O–H groups in total. The predicted octanol–water partition coefficient (Wildman–Crippen LogP) is 0.762. The third-order valence-electron chi connectivity index (χ3n) is 0.687. The van der Waals surface area contributed by atoms with Gasteiger partial charge < -0.3 is 4.74 Å². The molecule has 0 aliphatic carbocycles. The summed E-state index contributed by atoms with van der Waals surface area (Å²) in [5, 5.41) is 0. The first-order valence-corrected chi connectivity index (χ1v) is 2.41. The Labute approximate surface area is 47.2 Å². The molecule has 0 aromatic heterocycles. The smallest absolute Gasteiger partial charge is 0.186 e. The van der Waals surface area contributed by atoms with Crippen LogP contribution in [0.1, 0.15) is 6.92 Å². The van der Waals surface area contributed by atoms with E-state index in [-0.39, 0.29) is 0 Å². The van der Waals surface area contributed by atoms with Gasteiger partial charge in [0.05, 0.1) is 0 Å². The molecule has 1 rings (SSSR count). The maximum Gasteiger partial charge on any atom is 0.186 e. The summed E-state index contributed by atoms with van der Waals surface area (Å²) in [5.74, 6) is 0.685. The maximum atomic E-state index is 4.87. The van der Waals surface area contributed by atoms with Crippen molar-refractivity contribution in [1.82, 2.24) is 0 Å². The fourth-order valence-electron chi connectivity index (χ4n) is 0.406. The van der Waals surface area contributed by atoms with E-state index >= 15 is 0 Å². The van der Waals surface area contributed by atoms with Gasteiger partial charge in [-0.2, -0.15) is 0 Å². The zero-order chi connectivity index (χ0) is 5.28. The molecule has 0 bridgehead atoms. The highest BCUT2D eigenvalue weighted by Gasteiger charge is 2.04. The third-order valence-corrected chi connectivity index (χ3v) is 0.896. The van der Waals surface area contributed by atoms with E-state index in [9.17, 15) is 0 Å². The number of nitrogens with zero attached hydrogens (tertiary/aromatic N) is 1. The number of ether oxygens (including phenoxy) is 1. The van der Waals surface area contributed by atoms with Crippen LogP contribution in [0.25, 0.3) is 0 Å². The topological polar surface area (TPSA) is 21.6 Å². The van der Waals surface area contributed by atoms with E-state index in [0.29, 0.717) is 17.5 Å². The standard InChI is InChI=1S/C4H5NOS/c1-3-5-4(7)2-6-3/h2H2,1H3. The summed E-state index contributed by atoms with van der Waals surface area (Å²) in [4.78, 5) is 4.47. The molecule has 0 saturated carbocycles. The summed E-state index contributed by atoms with van der Waals surface area (Å²) in [5.41, 5.74) is 0. The van der Waals surface area contributed by atoms with Crippen LogP contribution in [-0.4, -0.2) is 17.5 Å². The summed E-state index contributed by atoms with van der Waals surface area (Å²) in [6, 6.07) is 0. The van der Waals surface area contributed by atoms with Crippen molar-refractivity contribution in [2.45, 2.75) is 6.92 Å². The second-order valence-electron chi connectivity index (χ2n) is 1.31. The van der Waals surface area contributed by atoms with E-state index in [0.717, 1.165) is 0 Å². The highest BCUT2D eigenvalue weighted by Crippen LogP contribution is 1.95. The van der Waals surface area contributed by atoms with Crippen LogP contribution in [0.5, 0.6) is 0 Å². The fourth-order valence-corrected chi connectivity index (χ4v) is 0.594. The highest BCUT2D eigenvalue weighted by atomic mass is 32.1. The van der Waals surface area contributed by atoms with Crippen molar-refractivity contribution in [2.24, 2.45) is 4.99 Å². The number of hydrogen-bond acceptors (Lipinski definition) is 2. The monoisotopic (exact) mass is 115 g/mol. The molecular weight excluding hydrogens is 110 g/mol. The Morgan fingerprint density at radius 1 is 1.86 bits per heavy atom. The van der Waals surface area contributed by atoms with E-state index in [1.165, 1.54) is 0 Å². The zero-order valence-corrected chi connectivity index (χ0v) is 4.79. The van der Waals surface area contributed by atoms with Gasteiger partial charge in [0.2, 0.25) is 0 Å². The largest absolute Gasteiger partial charge is 0.474 e. The number of rotatable bonds is 0. The Bertz CT molecular complexity index is 130. The molecule has 38 valence electrons. The molecule has 1 aliphatic heterocycles. The number of thiocarbonyl (C=S) groups is 1. The van der Waals surface area contributed by atoms with Crippen molar-refractivity contribution in [1.29, 1.82) is 0 Å². The van der Waals surface area contributed by atoms with Crippen molar-refractivity contribution < 1.29 is 4.74 Å². The predicted molar refractivity (Wildman–Crippen MR) is 31.7 cm³/mol. The molecule has 0 aromatic carbocycles. The summed E-state index contributed by atoms with van der Waals surface area (Å²) >= 11 is 4.68. The molecule has 1 heterocycles. The first-order valence-electron chi connectivity index (χ1n) is 2.00. The van der Waals surface area contributed by atoms with Crippen LogP contribution in [0.4, 0.5) is 0 Å². The molecule has 0 spiro atoms. The quantitative estimate of drug-likeness (QED) is 0.435. The third kappa shape index (κ3) is 0.962. The van der Waals surface area contributed by atoms with Gasteiger partial charge in [0.1, 0.15) is 11.6 Å². The second kappa shape index (κ2) is 1.58. The summed E-state index contributed by atoms with van der Waals surface area (Å²) in [6.07, 6.45) is 0. The molecule has 7 heavy (non-hydrogen) atoms. The summed E-state index contributed by atoms with van der Waals surface area (Å²) in [7, 11) is 0. The molecule has 0 aromatic rings.